The lowest BCUT2D eigenvalue weighted by Crippen LogP contribution is -2.90. The van der Waals surface area contributed by atoms with E-state index in [1.54, 1.807) is 0 Å². The highest BCUT2D eigenvalue weighted by Crippen LogP contribution is 2.79. The zero-order valence-electron chi connectivity index (χ0n) is 15.8. The van der Waals surface area contributed by atoms with E-state index in [0.29, 0.717) is 18.1 Å². The molecular weight excluding hydrogens is 368 g/mol. The Morgan fingerprint density at radius 3 is 2.52 bits per heavy atom. The van der Waals surface area contributed by atoms with Crippen molar-refractivity contribution in [3.05, 3.63) is 60.2 Å². The van der Waals surface area contributed by atoms with Gasteiger partial charge in [-0.1, -0.05) is 30.3 Å². The monoisotopic (exact) mass is 387 g/mol. The number of amidine groups is 1. The van der Waals surface area contributed by atoms with Crippen molar-refractivity contribution in [2.24, 2.45) is 16.6 Å². The maximum Gasteiger partial charge on any atom is 0.343 e. The number of hydrogen-bond donors (Lipinski definition) is 2. The van der Waals surface area contributed by atoms with Gasteiger partial charge in [0.25, 0.3) is 5.84 Å². The van der Waals surface area contributed by atoms with Crippen LogP contribution in [-0.2, 0) is 9.47 Å². The van der Waals surface area contributed by atoms with Gasteiger partial charge in [0.2, 0.25) is 0 Å². The Hall–Kier alpha value is -3.39. The number of hydrogen-bond acceptors (Lipinski definition) is 6. The molecular formula is C22H19N4O3+. The zero-order valence-corrected chi connectivity index (χ0v) is 15.8. The highest BCUT2D eigenvalue weighted by atomic mass is 16.8. The minimum absolute atomic E-state index is 0.204. The van der Waals surface area contributed by atoms with Crippen LogP contribution < -0.4 is 15.5 Å². The predicted octanol–water partition coefficient (Wildman–Crippen LogP) is 1.14. The van der Waals surface area contributed by atoms with Crippen molar-refractivity contribution in [2.75, 3.05) is 6.61 Å². The Bertz CT molecular complexity index is 1110. The number of nitrogens with two attached hydrogens (primary N) is 1. The summed E-state index contributed by atoms with van der Waals surface area (Å²) < 4.78 is 17.8. The first kappa shape index (κ1) is 17.7. The molecule has 0 radical (unpaired) electrons. The molecule has 1 saturated heterocycles. The van der Waals surface area contributed by atoms with E-state index >= 15 is 0 Å². The van der Waals surface area contributed by atoms with Crippen molar-refractivity contribution in [3.63, 3.8) is 0 Å². The molecule has 1 aliphatic carbocycles. The van der Waals surface area contributed by atoms with Gasteiger partial charge in [0, 0.05) is 5.92 Å². The molecule has 2 aromatic carbocycles. The third-order valence-electron chi connectivity index (χ3n) is 6.06. The van der Waals surface area contributed by atoms with E-state index in [-0.39, 0.29) is 11.9 Å². The summed E-state index contributed by atoms with van der Waals surface area (Å²) in [5, 5.41) is 20.3. The third-order valence-corrected chi connectivity index (χ3v) is 6.06. The summed E-state index contributed by atoms with van der Waals surface area (Å²) in [6.07, 6.45) is -0.219. The minimum Gasteiger partial charge on any atom is -0.457 e. The van der Waals surface area contributed by atoms with Crippen LogP contribution in [0.5, 0.6) is 11.5 Å². The molecule has 3 N–H and O–H groups in total. The average molecular weight is 387 g/mol. The molecule has 1 saturated carbocycles. The van der Waals surface area contributed by atoms with Crippen LogP contribution in [0.15, 0.2) is 54.6 Å². The first-order valence-corrected chi connectivity index (χ1v) is 9.41. The normalized spacial score (nSPS) is 36.7. The Balaban J connectivity index is 1.57. The van der Waals surface area contributed by atoms with E-state index in [1.165, 1.54) is 0 Å². The highest BCUT2D eigenvalue weighted by molar-refractivity contribution is 5.95. The van der Waals surface area contributed by atoms with Gasteiger partial charge in [-0.3, -0.25) is 5.73 Å². The van der Waals surface area contributed by atoms with Crippen LogP contribution in [0.1, 0.15) is 18.4 Å². The molecule has 0 aromatic heterocycles. The topological polar surface area (TPSA) is 115 Å². The molecule has 7 nitrogen and oxygen atoms in total. The highest BCUT2D eigenvalue weighted by Gasteiger charge is 2.97. The van der Waals surface area contributed by atoms with Crippen LogP contribution in [0.2, 0.25) is 0 Å². The van der Waals surface area contributed by atoms with Crippen molar-refractivity contribution in [2.45, 2.75) is 24.9 Å². The molecule has 29 heavy (non-hydrogen) atoms. The van der Waals surface area contributed by atoms with E-state index in [1.807, 2.05) is 61.5 Å². The summed E-state index contributed by atoms with van der Waals surface area (Å²) in [6, 6.07) is 21.4. The predicted molar refractivity (Wildman–Crippen MR) is 101 cm³/mol. The van der Waals surface area contributed by atoms with Crippen LogP contribution in [0.4, 0.5) is 0 Å². The maximum absolute atomic E-state index is 10.2. The standard InChI is InChI=1S/C22H18N4O3/c1-14-11-27-22(29-14)21(13-24)18(20(21,12-23)19(25)26-22)15-6-5-9-17(10-15)28-16-7-3-2-4-8-16/h2-10,14,18H,11H2,1H3,(H2,25,26)/p+1/t14-,18+,20+,21+,22-/m0/s1. The molecule has 5 atom stereocenters. The fraction of sp³-hybridized carbons (Fsp3) is 0.318. The van der Waals surface area contributed by atoms with Crippen LogP contribution >= 0.6 is 0 Å². The largest absolute Gasteiger partial charge is 0.457 e. The molecule has 3 aliphatic rings. The molecule has 144 valence electrons. The van der Waals surface area contributed by atoms with E-state index in [4.69, 9.17) is 19.9 Å². The van der Waals surface area contributed by atoms with Gasteiger partial charge in [0.1, 0.15) is 11.5 Å². The van der Waals surface area contributed by atoms with Gasteiger partial charge in [-0.15, -0.1) is 0 Å². The molecule has 0 amide bonds. The first-order valence-electron chi connectivity index (χ1n) is 9.41. The Kier molecular flexibility index (Phi) is 3.54. The smallest absolute Gasteiger partial charge is 0.343 e. The van der Waals surface area contributed by atoms with E-state index in [2.05, 4.69) is 17.1 Å². The number of nitriles is 2. The SMILES string of the molecule is C[C@H]1CO[C@]2([NH+]=C(N)[C@@]3(C#N)[C@@H](c4cccc(Oc5ccccc5)c4)[C@@]23C#N)O1. The van der Waals surface area contributed by atoms with Gasteiger partial charge in [0.05, 0.1) is 24.8 Å². The Labute approximate surface area is 167 Å². The lowest BCUT2D eigenvalue weighted by Gasteiger charge is -2.24. The number of fused-ring (bicyclic) bond motifs is 2. The second-order valence-corrected chi connectivity index (χ2v) is 7.65. The van der Waals surface area contributed by atoms with Crippen molar-refractivity contribution < 1.29 is 19.2 Å². The minimum atomic E-state index is -1.43. The summed E-state index contributed by atoms with van der Waals surface area (Å²) in [5.74, 6) is -0.416. The fourth-order valence-electron chi connectivity index (χ4n) is 4.85. The molecule has 0 unspecified atom stereocenters. The van der Waals surface area contributed by atoms with Crippen LogP contribution in [0.25, 0.3) is 0 Å². The number of benzene rings is 2. The molecule has 1 spiro atoms. The zero-order chi connectivity index (χ0) is 20.3. The van der Waals surface area contributed by atoms with E-state index < -0.39 is 22.7 Å². The molecule has 2 aliphatic heterocycles. The lowest BCUT2D eigenvalue weighted by atomic mass is 9.94. The number of nitrogens with zero attached hydrogens (tertiary/aromatic N) is 2. The van der Waals surface area contributed by atoms with Gasteiger partial charge in [0.15, 0.2) is 10.8 Å². The maximum atomic E-state index is 10.2. The Morgan fingerprint density at radius 1 is 1.10 bits per heavy atom. The molecule has 2 fully saturated rings. The fourth-order valence-corrected chi connectivity index (χ4v) is 4.85. The van der Waals surface area contributed by atoms with Gasteiger partial charge < -0.3 is 14.2 Å². The quantitative estimate of drug-likeness (QED) is 0.816. The second kappa shape index (κ2) is 5.81. The lowest BCUT2D eigenvalue weighted by molar-refractivity contribution is -0.677. The van der Waals surface area contributed by atoms with Crippen LogP contribution in [-0.4, -0.2) is 24.5 Å². The molecule has 5 rings (SSSR count). The summed E-state index contributed by atoms with van der Waals surface area (Å²) in [4.78, 5) is 2.97. The summed E-state index contributed by atoms with van der Waals surface area (Å²) in [7, 11) is 0. The third kappa shape index (κ3) is 2.04. The van der Waals surface area contributed by atoms with E-state index in [9.17, 15) is 10.5 Å². The van der Waals surface area contributed by atoms with Gasteiger partial charge in [-0.25, -0.2) is 4.99 Å². The Morgan fingerprint density at radius 2 is 1.86 bits per heavy atom. The molecule has 7 heteroatoms. The summed E-state index contributed by atoms with van der Waals surface area (Å²) in [6.45, 7) is 2.17. The number of ether oxygens (including phenoxy) is 3. The van der Waals surface area contributed by atoms with Gasteiger partial charge in [-0.05, 0) is 36.8 Å². The second-order valence-electron chi connectivity index (χ2n) is 7.65. The number of rotatable bonds is 3. The number of para-hydroxylation sites is 1. The summed E-state index contributed by atoms with van der Waals surface area (Å²) in [5.41, 5.74) is 4.51. The van der Waals surface area contributed by atoms with Crippen molar-refractivity contribution in [1.82, 2.24) is 0 Å². The number of nitrogens with one attached hydrogen (secondary N) is 1. The van der Waals surface area contributed by atoms with Crippen molar-refractivity contribution in [3.8, 4) is 23.6 Å². The van der Waals surface area contributed by atoms with Crippen molar-refractivity contribution in [1.29, 1.82) is 10.5 Å². The summed E-state index contributed by atoms with van der Waals surface area (Å²) >= 11 is 0. The van der Waals surface area contributed by atoms with Crippen LogP contribution in [0, 0.1) is 33.5 Å². The van der Waals surface area contributed by atoms with Gasteiger partial charge in [-0.2, -0.15) is 10.5 Å². The molecule has 2 aromatic rings. The first-order chi connectivity index (χ1) is 14.0. The van der Waals surface area contributed by atoms with Crippen LogP contribution in [0.3, 0.4) is 0 Å². The molecule has 2 heterocycles. The van der Waals surface area contributed by atoms with Gasteiger partial charge >= 0.3 is 5.91 Å². The average Bonchev–Trinajstić information content (AvgIpc) is 3.13. The molecule has 0 bridgehead atoms. The van der Waals surface area contributed by atoms with E-state index in [0.717, 1.165) is 5.56 Å². The van der Waals surface area contributed by atoms with Crippen molar-refractivity contribution >= 4 is 5.84 Å².